The number of aryl methyl sites for hydroxylation is 2. The average molecular weight is 827 g/mol. The second-order valence-corrected chi connectivity index (χ2v) is 24.0. The molecule has 9 aromatic rings. The number of fused-ring (bicyclic) bond motifs is 18. The first-order valence-corrected chi connectivity index (χ1v) is 24.8. The smallest absolute Gasteiger partial charge is 0.336 e. The molecule has 1 aliphatic carbocycles. The molecule has 1 aromatic heterocycles. The van der Waals surface area contributed by atoms with E-state index in [1.165, 1.54) is 123 Å². The molecular weight excluding hydrogens is 780 g/mol. The van der Waals surface area contributed by atoms with E-state index in [9.17, 15) is 0 Å². The summed E-state index contributed by atoms with van der Waals surface area (Å²) in [5.74, 6) is 0. The van der Waals surface area contributed by atoms with Gasteiger partial charge in [-0.1, -0.05) is 143 Å². The van der Waals surface area contributed by atoms with Crippen molar-refractivity contribution in [3.8, 4) is 22.3 Å². The summed E-state index contributed by atoms with van der Waals surface area (Å²) in [7, 11) is -2.79. The standard InChI is InChI=1S/C58H47BN2OSi/c1-34-30-41-39-19-15-25-52-55(39)61(44-20-10-14-24-51(44)63(52)49-22-12-8-17-37(49)38-18-9-13-23-50(38)63)59-53(41)47(31-34)60(45-27-26-40-36-16-7-11-21-48(36)62-56(40)54(45)59)46-33-43-42(32-35(46)2)57(3,4)28-29-58(43,5)6/h7-27,30-33H,28-29H2,1-6H3. The van der Waals surface area contributed by atoms with Crippen LogP contribution in [0.5, 0.6) is 0 Å². The molecule has 302 valence electrons. The van der Waals surface area contributed by atoms with Crippen molar-refractivity contribution >= 4 is 97.0 Å². The molecule has 0 radical (unpaired) electrons. The molecule has 0 saturated carbocycles. The summed E-state index contributed by atoms with van der Waals surface area (Å²) in [5, 5.41) is 8.24. The van der Waals surface area contributed by atoms with E-state index >= 15 is 0 Å². The van der Waals surface area contributed by atoms with Gasteiger partial charge in [-0.25, -0.2) is 0 Å². The first-order valence-electron chi connectivity index (χ1n) is 22.8. The van der Waals surface area contributed by atoms with E-state index in [2.05, 4.69) is 203 Å². The third-order valence-corrected chi connectivity index (χ3v) is 21.0. The Bertz CT molecular complexity index is 3490. The third kappa shape index (κ3) is 4.32. The van der Waals surface area contributed by atoms with Crippen LogP contribution < -0.4 is 41.4 Å². The maximum absolute atomic E-state index is 7.21. The van der Waals surface area contributed by atoms with Crippen LogP contribution >= 0.6 is 0 Å². The van der Waals surface area contributed by atoms with Crippen molar-refractivity contribution in [2.75, 3.05) is 9.71 Å². The Labute approximate surface area is 370 Å². The molecule has 0 saturated heterocycles. The van der Waals surface area contributed by atoms with E-state index in [1.54, 1.807) is 0 Å². The molecule has 5 heterocycles. The van der Waals surface area contributed by atoms with E-state index in [-0.39, 0.29) is 17.7 Å². The topological polar surface area (TPSA) is 19.6 Å². The van der Waals surface area contributed by atoms with Gasteiger partial charge in [0, 0.05) is 50.2 Å². The number of para-hydroxylation sites is 3. The summed E-state index contributed by atoms with van der Waals surface area (Å²) < 4.78 is 7.21. The molecule has 5 aliphatic rings. The van der Waals surface area contributed by atoms with Crippen molar-refractivity contribution in [1.82, 2.24) is 0 Å². The van der Waals surface area contributed by atoms with Crippen LogP contribution in [0.2, 0.25) is 0 Å². The van der Waals surface area contributed by atoms with E-state index in [0.29, 0.717) is 0 Å². The number of benzene rings is 8. The van der Waals surface area contributed by atoms with Gasteiger partial charge in [0.15, 0.2) is 8.07 Å². The molecule has 0 unspecified atom stereocenters. The van der Waals surface area contributed by atoms with Gasteiger partial charge in [0.25, 0.3) is 0 Å². The van der Waals surface area contributed by atoms with Gasteiger partial charge in [0.05, 0.1) is 0 Å². The van der Waals surface area contributed by atoms with Crippen LogP contribution in [0.15, 0.2) is 156 Å². The van der Waals surface area contributed by atoms with E-state index in [4.69, 9.17) is 4.42 Å². The van der Waals surface area contributed by atoms with Gasteiger partial charge in [-0.3, -0.25) is 0 Å². The monoisotopic (exact) mass is 826 g/mol. The molecule has 0 atom stereocenters. The zero-order chi connectivity index (χ0) is 42.3. The fourth-order valence-electron chi connectivity index (χ4n) is 13.1. The Kier molecular flexibility index (Phi) is 6.80. The molecule has 0 N–H and O–H groups in total. The molecule has 0 amide bonds. The number of furan rings is 1. The summed E-state index contributed by atoms with van der Waals surface area (Å²) in [6, 6.07) is 58.7. The second-order valence-electron chi connectivity index (χ2n) is 20.3. The zero-order valence-corrected chi connectivity index (χ0v) is 37.7. The first kappa shape index (κ1) is 36.0. The van der Waals surface area contributed by atoms with Crippen LogP contribution in [0.1, 0.15) is 62.8 Å². The van der Waals surface area contributed by atoms with Gasteiger partial charge in [-0.2, -0.15) is 0 Å². The van der Waals surface area contributed by atoms with Crippen molar-refractivity contribution in [2.45, 2.75) is 65.2 Å². The number of rotatable bonds is 1. The van der Waals surface area contributed by atoms with Gasteiger partial charge in [-0.15, -0.1) is 0 Å². The highest BCUT2D eigenvalue weighted by Crippen LogP contribution is 2.53. The number of anilines is 5. The zero-order valence-electron chi connectivity index (χ0n) is 36.7. The molecule has 0 fully saturated rings. The maximum Gasteiger partial charge on any atom is 0.336 e. The predicted molar refractivity (Wildman–Crippen MR) is 268 cm³/mol. The third-order valence-electron chi connectivity index (χ3n) is 16.1. The number of nitrogens with zero attached hydrogens (tertiary/aromatic N) is 2. The average Bonchev–Trinajstić information content (AvgIpc) is 3.82. The molecule has 14 rings (SSSR count). The van der Waals surface area contributed by atoms with Crippen molar-refractivity contribution < 1.29 is 4.42 Å². The summed E-state index contributed by atoms with van der Waals surface area (Å²) in [6.07, 6.45) is 2.36. The molecule has 4 aliphatic heterocycles. The molecule has 5 heteroatoms. The van der Waals surface area contributed by atoms with Gasteiger partial charge in [-0.05, 0) is 139 Å². The highest BCUT2D eigenvalue weighted by atomic mass is 28.3. The van der Waals surface area contributed by atoms with Crippen molar-refractivity contribution in [3.63, 3.8) is 0 Å². The Morgan fingerprint density at radius 3 is 1.90 bits per heavy atom. The van der Waals surface area contributed by atoms with E-state index in [0.717, 1.165) is 16.6 Å². The van der Waals surface area contributed by atoms with Crippen LogP contribution in [0.25, 0.3) is 44.2 Å². The van der Waals surface area contributed by atoms with Crippen LogP contribution in [-0.2, 0) is 10.8 Å². The lowest BCUT2D eigenvalue weighted by molar-refractivity contribution is 0.332. The largest absolute Gasteiger partial charge is 0.456 e. The molecule has 8 aromatic carbocycles. The van der Waals surface area contributed by atoms with Crippen LogP contribution in [-0.4, -0.2) is 14.9 Å². The summed E-state index contributed by atoms with van der Waals surface area (Å²) in [4.78, 5) is 5.39. The van der Waals surface area contributed by atoms with Gasteiger partial charge in [0.2, 0.25) is 0 Å². The minimum absolute atomic E-state index is 0.0628. The highest BCUT2D eigenvalue weighted by molar-refractivity contribution is 7.24. The lowest BCUT2D eigenvalue weighted by Gasteiger charge is -2.52. The van der Waals surface area contributed by atoms with Crippen molar-refractivity contribution in [1.29, 1.82) is 0 Å². The summed E-state index contributed by atoms with van der Waals surface area (Å²) >= 11 is 0. The lowest BCUT2D eigenvalue weighted by atomic mass is 9.43. The van der Waals surface area contributed by atoms with Crippen molar-refractivity contribution in [3.05, 3.63) is 174 Å². The molecule has 3 nitrogen and oxygen atoms in total. The fourth-order valence-corrected chi connectivity index (χ4v) is 18.7. The second kappa shape index (κ2) is 11.9. The van der Waals surface area contributed by atoms with Crippen LogP contribution in [0.3, 0.4) is 0 Å². The molecule has 63 heavy (non-hydrogen) atoms. The van der Waals surface area contributed by atoms with Gasteiger partial charge in [0.1, 0.15) is 11.2 Å². The fraction of sp³-hybridized carbons (Fsp3) is 0.172. The quantitative estimate of drug-likeness (QED) is 0.154. The van der Waals surface area contributed by atoms with Crippen LogP contribution in [0, 0.1) is 13.8 Å². The predicted octanol–water partition coefficient (Wildman–Crippen LogP) is 10.9. The SMILES string of the molecule is Cc1cc2c3c(c1)N(c1cc4c(cc1C)C(C)(C)CCC4(C)C)c1ccc4c(oc5ccccc54)c1B3N1c3ccccc3[Si]3(c4ccccc4-c4ccccc43)c3cccc-2c31. The van der Waals surface area contributed by atoms with E-state index < -0.39 is 8.07 Å². The molecule has 0 bridgehead atoms. The Morgan fingerprint density at radius 1 is 0.508 bits per heavy atom. The Morgan fingerprint density at radius 2 is 1.14 bits per heavy atom. The molecular formula is C58H47BN2OSi. The Hall–Kier alpha value is -6.56. The normalized spacial score (nSPS) is 17.2. The minimum atomic E-state index is -2.79. The summed E-state index contributed by atoms with van der Waals surface area (Å²) in [6.45, 7) is 14.3. The van der Waals surface area contributed by atoms with Gasteiger partial charge >= 0.3 is 6.85 Å². The van der Waals surface area contributed by atoms with E-state index in [1.807, 2.05) is 0 Å². The van der Waals surface area contributed by atoms with Gasteiger partial charge < -0.3 is 14.1 Å². The first-order chi connectivity index (χ1) is 30.6. The highest BCUT2D eigenvalue weighted by Gasteiger charge is 2.58. The molecule has 1 spiro atoms. The Balaban J connectivity index is 1.15. The lowest BCUT2D eigenvalue weighted by Crippen LogP contribution is -2.78. The summed E-state index contributed by atoms with van der Waals surface area (Å²) in [5.41, 5.74) is 22.0. The number of hydrogen-bond donors (Lipinski definition) is 0. The number of hydrogen-bond acceptors (Lipinski definition) is 3. The van der Waals surface area contributed by atoms with Crippen molar-refractivity contribution in [2.24, 2.45) is 0 Å². The van der Waals surface area contributed by atoms with Crippen LogP contribution in [0.4, 0.5) is 28.4 Å². The minimum Gasteiger partial charge on any atom is -0.456 e. The maximum atomic E-state index is 7.21.